The molecule has 0 saturated heterocycles. The predicted octanol–water partition coefficient (Wildman–Crippen LogP) is 2.79. The predicted molar refractivity (Wildman–Crippen MR) is 78.2 cm³/mol. The number of carbonyl (C=O) groups excluding carboxylic acids is 1. The van der Waals surface area contributed by atoms with Gasteiger partial charge in [-0.2, -0.15) is 5.10 Å². The molecule has 0 fully saturated rings. The van der Waals surface area contributed by atoms with Crippen LogP contribution in [0.1, 0.15) is 34.2 Å². The molecular weight excluding hydrogens is 254 g/mol. The van der Waals surface area contributed by atoms with Crippen LogP contribution in [0.2, 0.25) is 0 Å². The fourth-order valence-corrected chi connectivity index (χ4v) is 2.09. The van der Waals surface area contributed by atoms with E-state index in [1.807, 2.05) is 20.8 Å². The van der Waals surface area contributed by atoms with Gasteiger partial charge in [0.1, 0.15) is 11.4 Å². The van der Waals surface area contributed by atoms with Crippen LogP contribution < -0.4 is 5.32 Å². The fourth-order valence-electron chi connectivity index (χ4n) is 2.09. The highest BCUT2D eigenvalue weighted by molar-refractivity contribution is 6.03. The minimum atomic E-state index is -0.194. The first kappa shape index (κ1) is 14.1. The summed E-state index contributed by atoms with van der Waals surface area (Å²) in [6.07, 6.45) is 0. The Kier molecular flexibility index (Phi) is 3.79. The third kappa shape index (κ3) is 2.66. The van der Waals surface area contributed by atoms with Crippen LogP contribution in [0.4, 0.5) is 5.69 Å². The smallest absolute Gasteiger partial charge is 0.273 e. The van der Waals surface area contributed by atoms with Crippen molar-refractivity contribution < 1.29 is 9.90 Å². The van der Waals surface area contributed by atoms with Crippen molar-refractivity contribution in [2.45, 2.75) is 34.2 Å². The van der Waals surface area contributed by atoms with E-state index in [1.165, 1.54) is 0 Å². The van der Waals surface area contributed by atoms with E-state index in [0.717, 1.165) is 16.8 Å². The molecule has 0 atom stereocenters. The zero-order valence-electron chi connectivity index (χ0n) is 12.2. The van der Waals surface area contributed by atoms with Gasteiger partial charge in [0.15, 0.2) is 0 Å². The van der Waals surface area contributed by atoms with E-state index in [1.54, 1.807) is 29.8 Å². The molecule has 0 unspecified atom stereocenters. The second kappa shape index (κ2) is 5.36. The Bertz CT molecular complexity index is 659. The topological polar surface area (TPSA) is 67.2 Å². The Morgan fingerprint density at radius 2 is 1.95 bits per heavy atom. The normalized spacial score (nSPS) is 10.6. The van der Waals surface area contributed by atoms with E-state index in [4.69, 9.17) is 0 Å². The Morgan fingerprint density at radius 3 is 2.60 bits per heavy atom. The summed E-state index contributed by atoms with van der Waals surface area (Å²) in [5.74, 6) is 0.0376. The molecule has 0 radical (unpaired) electrons. The average molecular weight is 273 g/mol. The number of nitrogens with zero attached hydrogens (tertiary/aromatic N) is 2. The number of aromatic hydroxyl groups is 1. The van der Waals surface area contributed by atoms with Gasteiger partial charge in [-0.1, -0.05) is 0 Å². The summed E-state index contributed by atoms with van der Waals surface area (Å²) in [5, 5.41) is 16.8. The van der Waals surface area contributed by atoms with Crippen LogP contribution in [-0.2, 0) is 6.54 Å². The monoisotopic (exact) mass is 273 g/mol. The van der Waals surface area contributed by atoms with Crippen LogP contribution in [0, 0.1) is 20.8 Å². The summed E-state index contributed by atoms with van der Waals surface area (Å²) < 4.78 is 1.67. The Balaban J connectivity index is 2.30. The Labute approximate surface area is 118 Å². The van der Waals surface area contributed by atoms with Crippen molar-refractivity contribution in [3.05, 3.63) is 40.7 Å². The number of amides is 1. The van der Waals surface area contributed by atoms with Crippen molar-refractivity contribution in [2.24, 2.45) is 0 Å². The maximum Gasteiger partial charge on any atom is 0.273 e. The summed E-state index contributed by atoms with van der Waals surface area (Å²) in [7, 11) is 0. The number of phenolic OH excluding ortho intramolecular Hbond substituents is 1. The van der Waals surface area contributed by atoms with Gasteiger partial charge < -0.3 is 10.4 Å². The van der Waals surface area contributed by atoms with Gasteiger partial charge in [0, 0.05) is 12.2 Å². The molecule has 0 spiro atoms. The minimum Gasteiger partial charge on any atom is -0.508 e. The van der Waals surface area contributed by atoms with Gasteiger partial charge in [-0.25, -0.2) is 0 Å². The molecule has 0 aliphatic carbocycles. The van der Waals surface area contributed by atoms with Gasteiger partial charge in [0.2, 0.25) is 0 Å². The molecule has 1 heterocycles. The Morgan fingerprint density at radius 1 is 1.25 bits per heavy atom. The van der Waals surface area contributed by atoms with E-state index in [-0.39, 0.29) is 11.7 Å². The summed E-state index contributed by atoms with van der Waals surface area (Å²) in [6, 6.07) is 5.18. The van der Waals surface area contributed by atoms with Gasteiger partial charge in [-0.05, 0) is 57.0 Å². The zero-order valence-corrected chi connectivity index (χ0v) is 12.2. The highest BCUT2D eigenvalue weighted by Crippen LogP contribution is 2.25. The van der Waals surface area contributed by atoms with Crippen molar-refractivity contribution >= 4 is 11.6 Å². The minimum absolute atomic E-state index is 0.194. The van der Waals surface area contributed by atoms with Crippen LogP contribution in [0.25, 0.3) is 0 Å². The lowest BCUT2D eigenvalue weighted by Crippen LogP contribution is -2.18. The van der Waals surface area contributed by atoms with Crippen LogP contribution >= 0.6 is 0 Å². The first-order valence-electron chi connectivity index (χ1n) is 6.58. The summed E-state index contributed by atoms with van der Waals surface area (Å²) in [6.45, 7) is 8.09. The molecule has 5 nitrogen and oxygen atoms in total. The number of benzene rings is 1. The van der Waals surface area contributed by atoms with Crippen LogP contribution in [0.3, 0.4) is 0 Å². The molecule has 0 saturated carbocycles. The van der Waals surface area contributed by atoms with Crippen LogP contribution in [0.5, 0.6) is 5.75 Å². The molecule has 1 aromatic carbocycles. The van der Waals surface area contributed by atoms with Crippen molar-refractivity contribution in [3.63, 3.8) is 0 Å². The van der Waals surface area contributed by atoms with Gasteiger partial charge in [0.05, 0.1) is 5.69 Å². The number of phenols is 1. The lowest BCUT2D eigenvalue weighted by atomic mass is 10.1. The third-order valence-electron chi connectivity index (χ3n) is 3.23. The number of hydrogen-bond acceptors (Lipinski definition) is 3. The average Bonchev–Trinajstić information content (AvgIpc) is 2.77. The molecule has 0 aliphatic rings. The molecule has 5 heteroatoms. The highest BCUT2D eigenvalue weighted by Gasteiger charge is 2.14. The lowest BCUT2D eigenvalue weighted by Gasteiger charge is -2.11. The van der Waals surface area contributed by atoms with Crippen molar-refractivity contribution in [1.82, 2.24) is 9.78 Å². The van der Waals surface area contributed by atoms with E-state index < -0.39 is 0 Å². The number of nitrogens with one attached hydrogen (secondary N) is 1. The second-order valence-corrected chi connectivity index (χ2v) is 4.89. The van der Waals surface area contributed by atoms with Crippen molar-refractivity contribution in [2.75, 3.05) is 5.32 Å². The van der Waals surface area contributed by atoms with E-state index >= 15 is 0 Å². The van der Waals surface area contributed by atoms with Crippen LogP contribution in [0.15, 0.2) is 18.2 Å². The summed E-state index contributed by atoms with van der Waals surface area (Å²) in [5.41, 5.74) is 3.60. The number of rotatable bonds is 3. The quantitative estimate of drug-likeness (QED) is 0.845. The van der Waals surface area contributed by atoms with E-state index in [0.29, 0.717) is 17.9 Å². The molecule has 2 rings (SSSR count). The SMILES string of the molecule is CCn1nc(C)cc1C(=O)Nc1cc(C)c(O)cc1C. The Hall–Kier alpha value is -2.30. The zero-order chi connectivity index (χ0) is 14.9. The van der Waals surface area contributed by atoms with Gasteiger partial charge in [-0.15, -0.1) is 0 Å². The standard InChI is InChI=1S/C15H19N3O2/c1-5-18-13(8-11(4)17-18)15(20)16-12-6-10(3)14(19)7-9(12)2/h6-8,19H,5H2,1-4H3,(H,16,20). The number of aryl methyl sites for hydroxylation is 4. The lowest BCUT2D eigenvalue weighted by molar-refractivity contribution is 0.101. The maximum absolute atomic E-state index is 12.3. The highest BCUT2D eigenvalue weighted by atomic mass is 16.3. The van der Waals surface area contributed by atoms with Crippen LogP contribution in [-0.4, -0.2) is 20.8 Å². The van der Waals surface area contributed by atoms with Crippen molar-refractivity contribution in [3.8, 4) is 5.75 Å². The molecule has 0 aliphatic heterocycles. The summed E-state index contributed by atoms with van der Waals surface area (Å²) in [4.78, 5) is 12.3. The largest absolute Gasteiger partial charge is 0.508 e. The molecule has 1 amide bonds. The van der Waals surface area contributed by atoms with Gasteiger partial charge in [0.25, 0.3) is 5.91 Å². The number of aromatic nitrogens is 2. The number of carbonyl (C=O) groups is 1. The van der Waals surface area contributed by atoms with E-state index in [9.17, 15) is 9.90 Å². The first-order chi connectivity index (χ1) is 9.42. The second-order valence-electron chi connectivity index (χ2n) is 4.89. The number of anilines is 1. The number of hydrogen-bond donors (Lipinski definition) is 2. The molecule has 2 aromatic rings. The maximum atomic E-state index is 12.3. The van der Waals surface area contributed by atoms with Gasteiger partial charge >= 0.3 is 0 Å². The molecular formula is C15H19N3O2. The third-order valence-corrected chi connectivity index (χ3v) is 3.23. The van der Waals surface area contributed by atoms with Gasteiger partial charge in [-0.3, -0.25) is 9.48 Å². The molecule has 20 heavy (non-hydrogen) atoms. The van der Waals surface area contributed by atoms with E-state index in [2.05, 4.69) is 10.4 Å². The molecule has 2 N–H and O–H groups in total. The van der Waals surface area contributed by atoms with Crippen molar-refractivity contribution in [1.29, 1.82) is 0 Å². The first-order valence-corrected chi connectivity index (χ1v) is 6.58. The fraction of sp³-hybridized carbons (Fsp3) is 0.333. The molecule has 1 aromatic heterocycles. The molecule has 106 valence electrons. The summed E-state index contributed by atoms with van der Waals surface area (Å²) >= 11 is 0. The molecule has 0 bridgehead atoms.